The molecule has 0 radical (unpaired) electrons. The molecule has 1 aliphatic rings. The van der Waals surface area contributed by atoms with E-state index in [-0.39, 0.29) is 44.5 Å². The van der Waals surface area contributed by atoms with Gasteiger partial charge in [0, 0.05) is 24.2 Å². The summed E-state index contributed by atoms with van der Waals surface area (Å²) in [5.74, 6) is -1.22. The van der Waals surface area contributed by atoms with Crippen LogP contribution in [0.3, 0.4) is 0 Å². The van der Waals surface area contributed by atoms with Gasteiger partial charge in [-0.25, -0.2) is 14.2 Å². The van der Waals surface area contributed by atoms with E-state index in [0.29, 0.717) is 0 Å². The third-order valence-electron chi connectivity index (χ3n) is 4.12. The van der Waals surface area contributed by atoms with Crippen molar-refractivity contribution in [2.45, 2.75) is 12.6 Å². The van der Waals surface area contributed by atoms with Crippen LogP contribution in [0.2, 0.25) is 15.1 Å². The van der Waals surface area contributed by atoms with Gasteiger partial charge in [0.2, 0.25) is 5.91 Å². The summed E-state index contributed by atoms with van der Waals surface area (Å²) in [5.41, 5.74) is -1.99. The summed E-state index contributed by atoms with van der Waals surface area (Å²) >= 11 is 17.9. The van der Waals surface area contributed by atoms with Gasteiger partial charge in [-0.1, -0.05) is 41.4 Å². The van der Waals surface area contributed by atoms with Gasteiger partial charge >= 0.3 is 5.97 Å². The lowest BCUT2D eigenvalue weighted by Gasteiger charge is -2.24. The quantitative estimate of drug-likeness (QED) is 0.371. The highest BCUT2D eigenvalue weighted by Crippen LogP contribution is 2.37. The highest BCUT2D eigenvalue weighted by Gasteiger charge is 2.37. The summed E-state index contributed by atoms with van der Waals surface area (Å²) in [6, 6.07) is 4.04. The SMILES string of the molecule is C=CC1(F)COc2cc(C(=O)Oc3c(Cl)cc(Cl)cc3Cl)cnc2N(C(C)=O)C1. The van der Waals surface area contributed by atoms with Crippen LogP contribution in [0.15, 0.2) is 37.1 Å². The van der Waals surface area contributed by atoms with E-state index >= 15 is 0 Å². The number of pyridine rings is 1. The Kier molecular flexibility index (Phi) is 6.03. The average Bonchev–Trinajstić information content (AvgIpc) is 2.81. The molecule has 0 saturated heterocycles. The van der Waals surface area contributed by atoms with E-state index in [2.05, 4.69) is 11.6 Å². The summed E-state index contributed by atoms with van der Waals surface area (Å²) in [7, 11) is 0. The summed E-state index contributed by atoms with van der Waals surface area (Å²) < 4.78 is 25.5. The maximum Gasteiger partial charge on any atom is 0.345 e. The molecule has 0 spiro atoms. The Labute approximate surface area is 180 Å². The second-order valence-electron chi connectivity index (χ2n) is 6.27. The highest BCUT2D eigenvalue weighted by atomic mass is 35.5. The summed E-state index contributed by atoms with van der Waals surface area (Å²) in [6.45, 7) is 4.00. The van der Waals surface area contributed by atoms with Crippen molar-refractivity contribution in [3.8, 4) is 11.5 Å². The Morgan fingerprint density at radius 2 is 1.97 bits per heavy atom. The normalized spacial score (nSPS) is 18.3. The van der Waals surface area contributed by atoms with E-state index in [4.69, 9.17) is 44.3 Å². The minimum Gasteiger partial charge on any atom is -0.486 e. The number of rotatable bonds is 3. The first-order valence-corrected chi connectivity index (χ1v) is 9.37. The molecule has 2 heterocycles. The molecule has 1 aliphatic heterocycles. The first-order chi connectivity index (χ1) is 13.6. The Morgan fingerprint density at radius 3 is 2.55 bits per heavy atom. The van der Waals surface area contributed by atoms with Gasteiger partial charge in [0.1, 0.15) is 6.61 Å². The van der Waals surface area contributed by atoms with Gasteiger partial charge in [-0.2, -0.15) is 0 Å². The Hall–Kier alpha value is -2.35. The van der Waals surface area contributed by atoms with Gasteiger partial charge in [0.05, 0.1) is 22.2 Å². The lowest BCUT2D eigenvalue weighted by molar-refractivity contribution is -0.116. The molecule has 2 aromatic rings. The summed E-state index contributed by atoms with van der Waals surface area (Å²) in [4.78, 5) is 29.7. The fraction of sp³-hybridized carbons (Fsp3) is 0.211. The van der Waals surface area contributed by atoms with Crippen LogP contribution in [-0.4, -0.2) is 35.7 Å². The maximum atomic E-state index is 14.8. The zero-order valence-electron chi connectivity index (χ0n) is 15.0. The van der Waals surface area contributed by atoms with Gasteiger partial charge in [0.15, 0.2) is 23.0 Å². The van der Waals surface area contributed by atoms with Crippen molar-refractivity contribution < 1.29 is 23.5 Å². The van der Waals surface area contributed by atoms with Gasteiger partial charge in [-0.3, -0.25) is 9.69 Å². The predicted molar refractivity (Wildman–Crippen MR) is 108 cm³/mol. The number of fused-ring (bicyclic) bond motifs is 1. The number of aromatic nitrogens is 1. The van der Waals surface area contributed by atoms with Crippen LogP contribution in [0.5, 0.6) is 11.5 Å². The lowest BCUT2D eigenvalue weighted by atomic mass is 10.1. The largest absolute Gasteiger partial charge is 0.486 e. The van der Waals surface area contributed by atoms with E-state index in [1.54, 1.807) is 0 Å². The number of alkyl halides is 1. The minimum atomic E-state index is -1.97. The summed E-state index contributed by atoms with van der Waals surface area (Å²) in [5, 5.41) is 0.373. The molecular formula is C19H14Cl3FN2O4. The number of anilines is 1. The molecule has 0 N–H and O–H groups in total. The first-order valence-electron chi connectivity index (χ1n) is 8.24. The molecule has 0 aliphatic carbocycles. The van der Waals surface area contributed by atoms with Crippen LogP contribution in [-0.2, 0) is 4.79 Å². The van der Waals surface area contributed by atoms with Crippen molar-refractivity contribution in [1.29, 1.82) is 0 Å². The van der Waals surface area contributed by atoms with E-state index in [1.165, 1.54) is 31.3 Å². The number of carbonyl (C=O) groups excluding carboxylic acids is 2. The molecule has 1 aromatic carbocycles. The molecule has 3 rings (SSSR count). The molecule has 1 aromatic heterocycles. The van der Waals surface area contributed by atoms with Crippen LogP contribution < -0.4 is 14.4 Å². The number of ether oxygens (including phenoxy) is 2. The van der Waals surface area contributed by atoms with Crippen LogP contribution in [0.4, 0.5) is 10.2 Å². The number of hydrogen-bond donors (Lipinski definition) is 0. The number of hydrogen-bond acceptors (Lipinski definition) is 5. The van der Waals surface area contributed by atoms with Gasteiger partial charge in [-0.05, 0) is 18.2 Å². The molecule has 1 amide bonds. The van der Waals surface area contributed by atoms with Crippen LogP contribution in [0, 0.1) is 0 Å². The topological polar surface area (TPSA) is 68.7 Å². The fourth-order valence-electron chi connectivity index (χ4n) is 2.60. The highest BCUT2D eigenvalue weighted by molar-refractivity contribution is 6.40. The standard InChI is InChI=1S/C19H14Cl3FN2O4/c1-3-19(23)8-25(10(2)26)17-15(28-9-19)4-11(7-24-17)18(27)29-16-13(21)5-12(20)6-14(16)22/h3-7H,1,8-9H2,2H3. The number of carbonyl (C=O) groups is 2. The molecule has 10 heteroatoms. The smallest absolute Gasteiger partial charge is 0.345 e. The second kappa shape index (κ2) is 8.18. The molecule has 1 unspecified atom stereocenters. The Balaban J connectivity index is 1.94. The van der Waals surface area contributed by atoms with Crippen LogP contribution >= 0.6 is 34.8 Å². The van der Waals surface area contributed by atoms with Crippen molar-refractivity contribution >= 4 is 52.5 Å². The van der Waals surface area contributed by atoms with Crippen molar-refractivity contribution in [3.05, 3.63) is 57.7 Å². The zero-order valence-corrected chi connectivity index (χ0v) is 17.3. The predicted octanol–water partition coefficient (Wildman–Crippen LogP) is 4.90. The Morgan fingerprint density at radius 1 is 1.31 bits per heavy atom. The number of halogens is 4. The molecule has 1 atom stereocenters. The lowest BCUT2D eigenvalue weighted by Crippen LogP contribution is -2.42. The fourth-order valence-corrected chi connectivity index (χ4v) is 3.50. The minimum absolute atomic E-state index is 0.0145. The van der Waals surface area contributed by atoms with Gasteiger partial charge in [0.25, 0.3) is 0 Å². The second-order valence-corrected chi connectivity index (χ2v) is 7.52. The zero-order chi connectivity index (χ0) is 21.3. The van der Waals surface area contributed by atoms with Crippen LogP contribution in [0.1, 0.15) is 17.3 Å². The van der Waals surface area contributed by atoms with E-state index in [9.17, 15) is 14.0 Å². The molecule has 29 heavy (non-hydrogen) atoms. The number of esters is 1. The summed E-state index contributed by atoms with van der Waals surface area (Å²) in [6.07, 6.45) is 2.24. The van der Waals surface area contributed by atoms with Crippen molar-refractivity contribution in [2.75, 3.05) is 18.1 Å². The average molecular weight is 460 g/mol. The Bertz CT molecular complexity index is 994. The van der Waals surface area contributed by atoms with Crippen molar-refractivity contribution in [3.63, 3.8) is 0 Å². The van der Waals surface area contributed by atoms with Gasteiger partial charge < -0.3 is 9.47 Å². The molecule has 0 fully saturated rings. The molecule has 0 saturated carbocycles. The third-order valence-corrected chi connectivity index (χ3v) is 4.90. The maximum absolute atomic E-state index is 14.8. The molecular weight excluding hydrogens is 446 g/mol. The van der Waals surface area contributed by atoms with Crippen molar-refractivity contribution in [2.24, 2.45) is 0 Å². The van der Waals surface area contributed by atoms with Gasteiger partial charge in [-0.15, -0.1) is 0 Å². The van der Waals surface area contributed by atoms with E-state index in [1.807, 2.05) is 0 Å². The molecule has 6 nitrogen and oxygen atoms in total. The van der Waals surface area contributed by atoms with Crippen molar-refractivity contribution in [1.82, 2.24) is 4.98 Å². The first kappa shape index (κ1) is 21.4. The number of amides is 1. The van der Waals surface area contributed by atoms with Crippen LogP contribution in [0.25, 0.3) is 0 Å². The van der Waals surface area contributed by atoms with E-state index < -0.39 is 24.2 Å². The van der Waals surface area contributed by atoms with E-state index in [0.717, 1.165) is 11.0 Å². The number of benzene rings is 1. The number of nitrogens with zero attached hydrogens (tertiary/aromatic N) is 2. The monoisotopic (exact) mass is 458 g/mol. The third kappa shape index (κ3) is 4.47. The molecule has 0 bridgehead atoms. The molecule has 152 valence electrons.